The lowest BCUT2D eigenvalue weighted by Crippen LogP contribution is -2.37. The van der Waals surface area contributed by atoms with Gasteiger partial charge in [0.1, 0.15) is 0 Å². The molecule has 0 unspecified atom stereocenters. The smallest absolute Gasteiger partial charge is 0.264 e. The topological polar surface area (TPSA) is 66.1 Å². The lowest BCUT2D eigenvalue weighted by molar-refractivity contribution is 0.326. The molecule has 0 aliphatic heterocycles. The Balaban J connectivity index is 1.74. The molecule has 3 aromatic rings. The molecule has 0 radical (unpaired) electrons. The number of benzene rings is 2. The molecule has 1 aliphatic rings. The van der Waals surface area contributed by atoms with Crippen LogP contribution in [0.5, 0.6) is 0 Å². The minimum absolute atomic E-state index is 0.310. The Kier molecular flexibility index (Phi) is 4.44. The molecule has 0 atom stereocenters. The quantitative estimate of drug-likeness (QED) is 0.711. The van der Waals surface area contributed by atoms with Gasteiger partial charge in [-0.05, 0) is 61.1 Å². The number of nitrogens with one attached hydrogen (secondary N) is 1. The van der Waals surface area contributed by atoms with E-state index in [9.17, 15) is 8.42 Å². The van der Waals surface area contributed by atoms with Gasteiger partial charge in [-0.3, -0.25) is 9.40 Å². The Morgan fingerprint density at radius 3 is 2.58 bits per heavy atom. The molecule has 1 N–H and O–H groups in total. The predicted octanol–water partition coefficient (Wildman–Crippen LogP) is 4.12. The number of rotatable bonds is 6. The number of hydrogen-bond acceptors (Lipinski definition) is 3. The van der Waals surface area contributed by atoms with Gasteiger partial charge in [0.2, 0.25) is 0 Å². The van der Waals surface area contributed by atoms with Crippen LogP contribution >= 0.6 is 0 Å². The number of anilines is 1. The van der Waals surface area contributed by atoms with E-state index in [-0.39, 0.29) is 0 Å². The van der Waals surface area contributed by atoms with Gasteiger partial charge in [0.05, 0.1) is 22.3 Å². The van der Waals surface area contributed by atoms with Crippen molar-refractivity contribution in [2.75, 3.05) is 10.8 Å². The minimum atomic E-state index is -3.62. The van der Waals surface area contributed by atoms with E-state index in [2.05, 4.69) is 17.1 Å². The molecule has 4 rings (SSSR count). The van der Waals surface area contributed by atoms with Crippen molar-refractivity contribution in [2.24, 2.45) is 5.92 Å². The van der Waals surface area contributed by atoms with Crippen LogP contribution in [0.4, 0.5) is 5.69 Å². The third-order valence-electron chi connectivity index (χ3n) is 5.28. The fourth-order valence-electron chi connectivity index (χ4n) is 3.36. The van der Waals surface area contributed by atoms with Gasteiger partial charge >= 0.3 is 0 Å². The van der Waals surface area contributed by atoms with E-state index in [4.69, 9.17) is 0 Å². The van der Waals surface area contributed by atoms with Crippen molar-refractivity contribution < 1.29 is 8.42 Å². The Hall–Kier alpha value is -2.34. The Bertz CT molecular complexity index is 1000. The monoisotopic (exact) mass is 369 g/mol. The highest BCUT2D eigenvalue weighted by Gasteiger charge is 2.30. The number of aryl methyl sites for hydroxylation is 1. The van der Waals surface area contributed by atoms with Gasteiger partial charge in [0.25, 0.3) is 10.0 Å². The summed E-state index contributed by atoms with van der Waals surface area (Å²) in [6.07, 6.45) is 5.97. The lowest BCUT2D eigenvalue weighted by atomic mass is 9.85. The number of aromatic amines is 1. The van der Waals surface area contributed by atoms with Gasteiger partial charge < -0.3 is 0 Å². The number of sulfonamides is 1. The number of H-pyrrole nitrogens is 1. The van der Waals surface area contributed by atoms with Crippen LogP contribution in [-0.4, -0.2) is 25.2 Å². The first-order valence-electron chi connectivity index (χ1n) is 9.13. The number of nitrogens with zero attached hydrogens (tertiary/aromatic N) is 2. The zero-order valence-electron chi connectivity index (χ0n) is 14.9. The van der Waals surface area contributed by atoms with E-state index >= 15 is 0 Å². The second kappa shape index (κ2) is 6.76. The molecule has 136 valence electrons. The molecule has 1 fully saturated rings. The average molecular weight is 369 g/mol. The zero-order valence-corrected chi connectivity index (χ0v) is 15.7. The molecule has 0 spiro atoms. The first-order valence-corrected chi connectivity index (χ1v) is 10.6. The maximum atomic E-state index is 13.4. The molecule has 0 amide bonds. The van der Waals surface area contributed by atoms with E-state index in [1.807, 2.05) is 24.3 Å². The van der Waals surface area contributed by atoms with Crippen molar-refractivity contribution in [1.82, 2.24) is 10.2 Å². The molecule has 1 saturated carbocycles. The van der Waals surface area contributed by atoms with Gasteiger partial charge in [-0.2, -0.15) is 5.10 Å². The summed E-state index contributed by atoms with van der Waals surface area (Å²) in [4.78, 5) is 0.310. The molecular weight excluding hydrogens is 346 g/mol. The normalized spacial score (nSPS) is 15.1. The van der Waals surface area contributed by atoms with Crippen molar-refractivity contribution in [3.05, 3.63) is 54.2 Å². The first-order chi connectivity index (χ1) is 12.6. The average Bonchev–Trinajstić information content (AvgIpc) is 3.08. The summed E-state index contributed by atoms with van der Waals surface area (Å²) in [6, 6.07) is 13.0. The van der Waals surface area contributed by atoms with E-state index in [0.717, 1.165) is 35.9 Å². The van der Waals surface area contributed by atoms with E-state index in [1.165, 1.54) is 12.0 Å². The van der Waals surface area contributed by atoms with Crippen LogP contribution in [0.1, 0.15) is 31.7 Å². The molecule has 0 bridgehead atoms. The van der Waals surface area contributed by atoms with Crippen LogP contribution < -0.4 is 4.31 Å². The highest BCUT2D eigenvalue weighted by Crippen LogP contribution is 2.33. The summed E-state index contributed by atoms with van der Waals surface area (Å²) < 4.78 is 28.4. The Labute approximate surface area is 154 Å². The molecule has 2 aromatic carbocycles. The lowest BCUT2D eigenvalue weighted by Gasteiger charge is -2.33. The standard InChI is InChI=1S/C20H23N3O2S/c1-2-15-6-8-18(9-7-15)23(14-16-4-3-5-16)26(24,25)19-10-11-20-17(12-19)13-21-22-20/h6-13,16H,2-5,14H2,1H3,(H,21,22). The number of fused-ring (bicyclic) bond motifs is 1. The van der Waals surface area contributed by atoms with Crippen molar-refractivity contribution >= 4 is 26.6 Å². The second-order valence-corrected chi connectivity index (χ2v) is 8.83. The molecule has 0 saturated heterocycles. The Morgan fingerprint density at radius 2 is 1.92 bits per heavy atom. The summed E-state index contributed by atoms with van der Waals surface area (Å²) in [7, 11) is -3.62. The van der Waals surface area contributed by atoms with E-state index in [0.29, 0.717) is 17.4 Å². The first kappa shape index (κ1) is 17.1. The molecule has 5 nitrogen and oxygen atoms in total. The SMILES string of the molecule is CCc1ccc(N(CC2CCC2)S(=O)(=O)c2ccc3[nH]ncc3c2)cc1. The van der Waals surface area contributed by atoms with Crippen LogP contribution in [0.15, 0.2) is 53.6 Å². The molecular formula is C20H23N3O2S. The van der Waals surface area contributed by atoms with Crippen LogP contribution in [0.25, 0.3) is 10.9 Å². The van der Waals surface area contributed by atoms with E-state index in [1.54, 1.807) is 28.7 Å². The number of hydrogen-bond donors (Lipinski definition) is 1. The molecule has 26 heavy (non-hydrogen) atoms. The third-order valence-corrected chi connectivity index (χ3v) is 7.07. The molecule has 1 aromatic heterocycles. The van der Waals surface area contributed by atoms with Crippen molar-refractivity contribution in [3.8, 4) is 0 Å². The zero-order chi connectivity index (χ0) is 18.1. The molecule has 6 heteroatoms. The summed E-state index contributed by atoms with van der Waals surface area (Å²) in [5.74, 6) is 0.438. The minimum Gasteiger partial charge on any atom is -0.278 e. The maximum Gasteiger partial charge on any atom is 0.264 e. The van der Waals surface area contributed by atoms with Crippen molar-refractivity contribution in [1.29, 1.82) is 0 Å². The second-order valence-electron chi connectivity index (χ2n) is 6.97. The highest BCUT2D eigenvalue weighted by atomic mass is 32.2. The number of aromatic nitrogens is 2. The van der Waals surface area contributed by atoms with Crippen molar-refractivity contribution in [3.63, 3.8) is 0 Å². The van der Waals surface area contributed by atoms with Crippen LogP contribution in [0.2, 0.25) is 0 Å². The fraction of sp³-hybridized carbons (Fsp3) is 0.350. The Morgan fingerprint density at radius 1 is 1.15 bits per heavy atom. The molecule has 1 heterocycles. The van der Waals surface area contributed by atoms with Crippen LogP contribution in [0.3, 0.4) is 0 Å². The third kappa shape index (κ3) is 3.09. The van der Waals surface area contributed by atoms with Gasteiger partial charge in [-0.1, -0.05) is 25.5 Å². The van der Waals surface area contributed by atoms with Gasteiger partial charge in [0.15, 0.2) is 0 Å². The maximum absolute atomic E-state index is 13.4. The van der Waals surface area contributed by atoms with Gasteiger partial charge in [0, 0.05) is 11.9 Å². The summed E-state index contributed by atoms with van der Waals surface area (Å²) >= 11 is 0. The van der Waals surface area contributed by atoms with Crippen LogP contribution in [-0.2, 0) is 16.4 Å². The van der Waals surface area contributed by atoms with E-state index < -0.39 is 10.0 Å². The van der Waals surface area contributed by atoms with Gasteiger partial charge in [-0.15, -0.1) is 0 Å². The predicted molar refractivity (Wildman–Crippen MR) is 104 cm³/mol. The molecule has 1 aliphatic carbocycles. The summed E-state index contributed by atoms with van der Waals surface area (Å²) in [5, 5.41) is 7.65. The summed E-state index contributed by atoms with van der Waals surface area (Å²) in [5.41, 5.74) is 2.78. The highest BCUT2D eigenvalue weighted by molar-refractivity contribution is 7.92. The summed E-state index contributed by atoms with van der Waals surface area (Å²) in [6.45, 7) is 2.63. The van der Waals surface area contributed by atoms with Crippen molar-refractivity contribution in [2.45, 2.75) is 37.5 Å². The van der Waals surface area contributed by atoms with Crippen LogP contribution in [0, 0.1) is 5.92 Å². The van der Waals surface area contributed by atoms with Gasteiger partial charge in [-0.25, -0.2) is 8.42 Å². The fourth-order valence-corrected chi connectivity index (χ4v) is 4.94. The largest absolute Gasteiger partial charge is 0.278 e.